The highest BCUT2D eigenvalue weighted by molar-refractivity contribution is 8.18. The first-order valence-electron chi connectivity index (χ1n) is 10.3. The first-order chi connectivity index (χ1) is 15.7. The van der Waals surface area contributed by atoms with E-state index in [2.05, 4.69) is 9.88 Å². The quantitative estimate of drug-likeness (QED) is 0.527. The van der Waals surface area contributed by atoms with Crippen molar-refractivity contribution in [3.05, 3.63) is 87.8 Å². The Bertz CT molecular complexity index is 1290. The van der Waals surface area contributed by atoms with Gasteiger partial charge in [0, 0.05) is 17.1 Å². The Labute approximate surface area is 195 Å². The largest absolute Gasteiger partial charge is 0.322 e. The van der Waals surface area contributed by atoms with Gasteiger partial charge < -0.3 is 9.88 Å². The highest BCUT2D eigenvalue weighted by Crippen LogP contribution is 2.33. The Balaban J connectivity index is 1.53. The summed E-state index contributed by atoms with van der Waals surface area (Å²) in [6, 6.07) is 15.8. The van der Waals surface area contributed by atoms with Crippen LogP contribution in [0.4, 0.5) is 14.9 Å². The Hall–Kier alpha value is -3.65. The molecule has 33 heavy (non-hydrogen) atoms. The number of aryl methyl sites for hydroxylation is 2. The number of hydrogen-bond donors (Lipinski definition) is 1. The van der Waals surface area contributed by atoms with Gasteiger partial charge in [0.05, 0.1) is 10.6 Å². The summed E-state index contributed by atoms with van der Waals surface area (Å²) in [4.78, 5) is 38.7. The lowest BCUT2D eigenvalue weighted by Gasteiger charge is -2.12. The summed E-state index contributed by atoms with van der Waals surface area (Å²) in [5.74, 6) is -1.79. The van der Waals surface area contributed by atoms with Crippen LogP contribution in [0.15, 0.2) is 59.5 Å². The molecule has 0 saturated carbocycles. The minimum absolute atomic E-state index is 0.00596. The van der Waals surface area contributed by atoms with Crippen LogP contribution in [-0.2, 0) is 9.59 Å². The molecular weight excluding hydrogens is 441 g/mol. The van der Waals surface area contributed by atoms with E-state index in [1.165, 1.54) is 18.2 Å². The molecule has 1 aliphatic rings. The number of rotatable bonds is 5. The van der Waals surface area contributed by atoms with Gasteiger partial charge in [-0.05, 0) is 74.5 Å². The van der Waals surface area contributed by atoms with Gasteiger partial charge in [-0.25, -0.2) is 4.39 Å². The first kappa shape index (κ1) is 22.5. The van der Waals surface area contributed by atoms with Crippen LogP contribution in [0, 0.1) is 26.6 Å². The maximum absolute atomic E-state index is 13.8. The van der Waals surface area contributed by atoms with Crippen LogP contribution in [0.1, 0.15) is 22.5 Å². The molecular formula is C25H22FN3O3S. The molecule has 1 fully saturated rings. The maximum atomic E-state index is 13.8. The number of nitrogens with zero attached hydrogens (tertiary/aromatic N) is 2. The van der Waals surface area contributed by atoms with Crippen molar-refractivity contribution < 1.29 is 18.8 Å². The van der Waals surface area contributed by atoms with E-state index in [9.17, 15) is 18.8 Å². The molecule has 4 rings (SSSR count). The Morgan fingerprint density at radius 3 is 2.45 bits per heavy atom. The van der Waals surface area contributed by atoms with Crippen molar-refractivity contribution in [2.75, 3.05) is 11.9 Å². The van der Waals surface area contributed by atoms with E-state index in [1.807, 2.05) is 51.1 Å². The van der Waals surface area contributed by atoms with E-state index in [4.69, 9.17) is 0 Å². The summed E-state index contributed by atoms with van der Waals surface area (Å²) in [6.45, 7) is 5.46. The molecule has 0 atom stereocenters. The average molecular weight is 464 g/mol. The number of anilines is 1. The number of aromatic nitrogens is 1. The van der Waals surface area contributed by atoms with E-state index >= 15 is 0 Å². The summed E-state index contributed by atoms with van der Waals surface area (Å²) >= 11 is 0.785. The molecule has 2 aromatic carbocycles. The van der Waals surface area contributed by atoms with Crippen molar-refractivity contribution in [2.45, 2.75) is 20.8 Å². The van der Waals surface area contributed by atoms with Gasteiger partial charge in [0.2, 0.25) is 5.91 Å². The van der Waals surface area contributed by atoms with Gasteiger partial charge in [-0.3, -0.25) is 19.3 Å². The molecule has 0 bridgehead atoms. The van der Waals surface area contributed by atoms with Gasteiger partial charge in [0.25, 0.3) is 11.1 Å². The van der Waals surface area contributed by atoms with E-state index in [0.717, 1.165) is 44.9 Å². The predicted molar refractivity (Wildman–Crippen MR) is 128 cm³/mol. The van der Waals surface area contributed by atoms with Crippen LogP contribution >= 0.6 is 11.8 Å². The molecule has 1 saturated heterocycles. The van der Waals surface area contributed by atoms with E-state index in [0.29, 0.717) is 0 Å². The fourth-order valence-electron chi connectivity index (χ4n) is 3.70. The number of nitrogens with one attached hydrogen (secondary N) is 1. The molecule has 0 unspecified atom stereocenters. The lowest BCUT2D eigenvalue weighted by molar-refractivity contribution is -0.127. The number of carbonyl (C=O) groups excluding carboxylic acids is 3. The summed E-state index contributed by atoms with van der Waals surface area (Å²) < 4.78 is 15.8. The summed E-state index contributed by atoms with van der Waals surface area (Å²) in [7, 11) is 0. The zero-order chi connectivity index (χ0) is 23.7. The molecule has 6 nitrogen and oxygen atoms in total. The third kappa shape index (κ3) is 4.61. The van der Waals surface area contributed by atoms with Crippen LogP contribution in [0.25, 0.3) is 11.8 Å². The molecule has 3 amide bonds. The topological polar surface area (TPSA) is 71.4 Å². The minimum Gasteiger partial charge on any atom is -0.322 e. The third-order valence-corrected chi connectivity index (χ3v) is 6.28. The number of imide groups is 1. The van der Waals surface area contributed by atoms with Gasteiger partial charge >= 0.3 is 0 Å². The van der Waals surface area contributed by atoms with Crippen molar-refractivity contribution in [2.24, 2.45) is 0 Å². The van der Waals surface area contributed by atoms with Crippen LogP contribution in [0.5, 0.6) is 0 Å². The van der Waals surface area contributed by atoms with Crippen molar-refractivity contribution in [3.8, 4) is 5.69 Å². The van der Waals surface area contributed by atoms with Crippen molar-refractivity contribution in [1.82, 2.24) is 9.47 Å². The van der Waals surface area contributed by atoms with Gasteiger partial charge in [0.15, 0.2) is 0 Å². The minimum atomic E-state index is -0.652. The van der Waals surface area contributed by atoms with Crippen LogP contribution in [0.3, 0.4) is 0 Å². The van der Waals surface area contributed by atoms with Crippen molar-refractivity contribution in [3.63, 3.8) is 0 Å². The molecule has 168 valence electrons. The first-order valence-corrected chi connectivity index (χ1v) is 11.1. The normalized spacial score (nSPS) is 14.9. The van der Waals surface area contributed by atoms with E-state index < -0.39 is 29.4 Å². The standard InChI is InChI=1S/C25H22FN3O3S/c1-15-8-10-19(11-9-15)29-16(2)12-18(17(29)3)13-22-24(31)28(25(32)33-22)14-23(30)27-21-7-5-4-6-20(21)26/h4-13H,14H2,1-3H3,(H,27,30)/b22-13+. The Kier molecular flexibility index (Phi) is 6.20. The fourth-order valence-corrected chi connectivity index (χ4v) is 4.53. The Morgan fingerprint density at radius 1 is 1.06 bits per heavy atom. The van der Waals surface area contributed by atoms with Gasteiger partial charge in [-0.2, -0.15) is 0 Å². The highest BCUT2D eigenvalue weighted by atomic mass is 32.2. The highest BCUT2D eigenvalue weighted by Gasteiger charge is 2.36. The molecule has 0 radical (unpaired) electrons. The van der Waals surface area contributed by atoms with Crippen LogP contribution < -0.4 is 5.32 Å². The smallest absolute Gasteiger partial charge is 0.294 e. The molecule has 2 heterocycles. The monoisotopic (exact) mass is 463 g/mol. The molecule has 8 heteroatoms. The number of benzene rings is 2. The molecule has 1 N–H and O–H groups in total. The van der Waals surface area contributed by atoms with Gasteiger partial charge in [0.1, 0.15) is 12.4 Å². The van der Waals surface area contributed by atoms with Crippen molar-refractivity contribution in [1.29, 1.82) is 0 Å². The average Bonchev–Trinajstić information content (AvgIpc) is 3.20. The molecule has 3 aromatic rings. The zero-order valence-electron chi connectivity index (χ0n) is 18.4. The lowest BCUT2D eigenvalue weighted by atomic mass is 10.2. The SMILES string of the molecule is Cc1ccc(-n2c(C)cc(/C=C3/SC(=O)N(CC(=O)Nc4ccccc4F)C3=O)c2C)cc1. The molecule has 1 aliphatic heterocycles. The van der Waals surface area contributed by atoms with E-state index in [-0.39, 0.29) is 10.6 Å². The fraction of sp³-hybridized carbons (Fsp3) is 0.160. The number of carbonyl (C=O) groups is 3. The number of para-hydroxylation sites is 1. The second-order valence-electron chi connectivity index (χ2n) is 7.79. The lowest BCUT2D eigenvalue weighted by Crippen LogP contribution is -2.36. The molecule has 0 aliphatic carbocycles. The van der Waals surface area contributed by atoms with Crippen LogP contribution in [-0.4, -0.2) is 33.1 Å². The van der Waals surface area contributed by atoms with Crippen molar-refractivity contribution >= 4 is 40.6 Å². The van der Waals surface area contributed by atoms with Gasteiger partial charge in [-0.1, -0.05) is 29.8 Å². The Morgan fingerprint density at radius 2 is 1.76 bits per heavy atom. The van der Waals surface area contributed by atoms with Gasteiger partial charge in [-0.15, -0.1) is 0 Å². The van der Waals surface area contributed by atoms with E-state index in [1.54, 1.807) is 12.1 Å². The zero-order valence-corrected chi connectivity index (χ0v) is 19.2. The summed E-state index contributed by atoms with van der Waals surface area (Å²) in [5, 5.41) is 1.85. The van der Waals surface area contributed by atoms with Crippen LogP contribution in [0.2, 0.25) is 0 Å². The summed E-state index contributed by atoms with van der Waals surface area (Å²) in [5.41, 5.74) is 4.90. The third-order valence-electron chi connectivity index (χ3n) is 5.37. The second kappa shape index (κ2) is 9.07. The number of amides is 3. The molecule has 0 spiro atoms. The number of halogens is 1. The maximum Gasteiger partial charge on any atom is 0.294 e. The summed E-state index contributed by atoms with van der Waals surface area (Å²) in [6.07, 6.45) is 1.67. The number of thioether (sulfide) groups is 1. The molecule has 1 aromatic heterocycles. The second-order valence-corrected chi connectivity index (χ2v) is 8.79. The predicted octanol–water partition coefficient (Wildman–Crippen LogP) is 5.22. The number of hydrogen-bond acceptors (Lipinski definition) is 4.